The number of ether oxygens (including phenoxy) is 1. The maximum Gasteiger partial charge on any atom is 0.321 e. The SMILES string of the molecule is CC(N)Cc1cnc(Oc2ccc(Br)c(F)c2)nc1. The lowest BCUT2D eigenvalue weighted by Crippen LogP contribution is -2.17. The Morgan fingerprint density at radius 1 is 1.37 bits per heavy atom. The van der Waals surface area contributed by atoms with Crippen LogP contribution in [0.1, 0.15) is 12.5 Å². The molecule has 0 aliphatic heterocycles. The summed E-state index contributed by atoms with van der Waals surface area (Å²) in [5.41, 5.74) is 6.62. The van der Waals surface area contributed by atoms with E-state index in [4.69, 9.17) is 10.5 Å². The number of halogens is 2. The van der Waals surface area contributed by atoms with E-state index in [1.54, 1.807) is 24.5 Å². The molecule has 6 heteroatoms. The van der Waals surface area contributed by atoms with Gasteiger partial charge in [0.05, 0.1) is 4.47 Å². The van der Waals surface area contributed by atoms with Crippen LogP contribution in [-0.4, -0.2) is 16.0 Å². The monoisotopic (exact) mass is 325 g/mol. The zero-order valence-electron chi connectivity index (χ0n) is 10.3. The van der Waals surface area contributed by atoms with Gasteiger partial charge in [-0.15, -0.1) is 0 Å². The summed E-state index contributed by atoms with van der Waals surface area (Å²) in [6, 6.07) is 4.69. The molecule has 2 aromatic rings. The number of hydrogen-bond acceptors (Lipinski definition) is 4. The van der Waals surface area contributed by atoms with Gasteiger partial charge in [0.25, 0.3) is 0 Å². The highest BCUT2D eigenvalue weighted by atomic mass is 79.9. The van der Waals surface area contributed by atoms with E-state index in [1.165, 1.54) is 6.07 Å². The number of benzene rings is 1. The van der Waals surface area contributed by atoms with Gasteiger partial charge in [-0.25, -0.2) is 14.4 Å². The minimum atomic E-state index is -0.397. The predicted octanol–water partition coefficient (Wildman–Crippen LogP) is 3.06. The third-order valence-corrected chi connectivity index (χ3v) is 2.98. The molecule has 2 rings (SSSR count). The van der Waals surface area contributed by atoms with Crippen molar-refractivity contribution >= 4 is 15.9 Å². The normalized spacial score (nSPS) is 12.2. The van der Waals surface area contributed by atoms with E-state index in [0.29, 0.717) is 16.6 Å². The largest absolute Gasteiger partial charge is 0.424 e. The first-order valence-electron chi connectivity index (χ1n) is 5.74. The van der Waals surface area contributed by atoms with Crippen molar-refractivity contribution in [2.24, 2.45) is 5.73 Å². The summed E-state index contributed by atoms with van der Waals surface area (Å²) in [5.74, 6) is -0.0493. The molecule has 1 unspecified atom stereocenters. The lowest BCUT2D eigenvalue weighted by molar-refractivity contribution is 0.436. The first-order valence-corrected chi connectivity index (χ1v) is 6.53. The number of aromatic nitrogens is 2. The van der Waals surface area contributed by atoms with Gasteiger partial charge in [-0.3, -0.25) is 0 Å². The number of rotatable bonds is 4. The maximum absolute atomic E-state index is 13.3. The minimum Gasteiger partial charge on any atom is -0.424 e. The summed E-state index contributed by atoms with van der Waals surface area (Å²) in [7, 11) is 0. The van der Waals surface area contributed by atoms with Crippen LogP contribution < -0.4 is 10.5 Å². The van der Waals surface area contributed by atoms with E-state index in [0.717, 1.165) is 5.56 Å². The Kier molecular flexibility index (Phi) is 4.44. The van der Waals surface area contributed by atoms with Gasteiger partial charge in [0, 0.05) is 24.5 Å². The molecule has 0 fully saturated rings. The molecule has 1 heterocycles. The standard InChI is InChI=1S/C13H13BrFN3O/c1-8(16)4-9-6-17-13(18-7-9)19-10-2-3-11(14)12(15)5-10/h2-3,5-8H,4,16H2,1H3. The van der Waals surface area contributed by atoms with Gasteiger partial charge in [-0.1, -0.05) is 0 Å². The van der Waals surface area contributed by atoms with Crippen LogP contribution in [0.15, 0.2) is 35.1 Å². The number of nitrogens with two attached hydrogens (primary N) is 1. The van der Waals surface area contributed by atoms with E-state index < -0.39 is 5.82 Å². The minimum absolute atomic E-state index is 0.0518. The smallest absolute Gasteiger partial charge is 0.321 e. The average molecular weight is 326 g/mol. The molecular weight excluding hydrogens is 313 g/mol. The molecule has 1 atom stereocenters. The van der Waals surface area contributed by atoms with E-state index in [9.17, 15) is 4.39 Å². The van der Waals surface area contributed by atoms with Crippen molar-refractivity contribution in [3.8, 4) is 11.8 Å². The lowest BCUT2D eigenvalue weighted by Gasteiger charge is -2.06. The number of hydrogen-bond donors (Lipinski definition) is 1. The molecule has 1 aromatic heterocycles. The summed E-state index contributed by atoms with van der Waals surface area (Å²) < 4.78 is 19.1. The fourth-order valence-corrected chi connectivity index (χ4v) is 1.77. The topological polar surface area (TPSA) is 61.0 Å². The molecular formula is C13H13BrFN3O. The maximum atomic E-state index is 13.3. The first kappa shape index (κ1) is 13.9. The molecule has 4 nitrogen and oxygen atoms in total. The summed E-state index contributed by atoms with van der Waals surface area (Å²) >= 11 is 3.07. The van der Waals surface area contributed by atoms with Crippen molar-refractivity contribution in [1.29, 1.82) is 0 Å². The summed E-state index contributed by atoms with van der Waals surface area (Å²) in [5, 5.41) is 0. The first-order chi connectivity index (χ1) is 9.04. The van der Waals surface area contributed by atoms with Crippen LogP contribution in [0.25, 0.3) is 0 Å². The quantitative estimate of drug-likeness (QED) is 0.938. The second-order valence-corrected chi connectivity index (χ2v) is 5.09. The molecule has 0 radical (unpaired) electrons. The molecule has 1 aromatic carbocycles. The Bertz CT molecular complexity index is 560. The van der Waals surface area contributed by atoms with Gasteiger partial charge >= 0.3 is 6.01 Å². The highest BCUT2D eigenvalue weighted by Crippen LogP contribution is 2.23. The van der Waals surface area contributed by atoms with Gasteiger partial charge in [0.1, 0.15) is 11.6 Å². The van der Waals surface area contributed by atoms with Gasteiger partial charge < -0.3 is 10.5 Å². The van der Waals surface area contributed by atoms with E-state index in [1.807, 2.05) is 6.92 Å². The predicted molar refractivity (Wildman–Crippen MR) is 73.6 cm³/mol. The van der Waals surface area contributed by atoms with E-state index in [-0.39, 0.29) is 12.1 Å². The van der Waals surface area contributed by atoms with Gasteiger partial charge in [-0.05, 0) is 47.0 Å². The Morgan fingerprint density at radius 3 is 2.63 bits per heavy atom. The fraction of sp³-hybridized carbons (Fsp3) is 0.231. The van der Waals surface area contributed by atoms with Crippen LogP contribution in [0.4, 0.5) is 4.39 Å². The van der Waals surface area contributed by atoms with Crippen molar-refractivity contribution in [1.82, 2.24) is 9.97 Å². The Labute approximate surface area is 119 Å². The Balaban J connectivity index is 2.08. The van der Waals surface area contributed by atoms with Crippen LogP contribution in [0.2, 0.25) is 0 Å². The third-order valence-electron chi connectivity index (χ3n) is 2.34. The molecule has 19 heavy (non-hydrogen) atoms. The van der Waals surface area contributed by atoms with Crippen LogP contribution in [0.5, 0.6) is 11.8 Å². The van der Waals surface area contributed by atoms with Crippen molar-refractivity contribution in [2.45, 2.75) is 19.4 Å². The van der Waals surface area contributed by atoms with Crippen LogP contribution >= 0.6 is 15.9 Å². The number of nitrogens with zero attached hydrogens (tertiary/aromatic N) is 2. The second-order valence-electron chi connectivity index (χ2n) is 4.23. The summed E-state index contributed by atoms with van der Waals surface area (Å²) in [6.45, 7) is 1.91. The van der Waals surface area contributed by atoms with Crippen LogP contribution in [-0.2, 0) is 6.42 Å². The van der Waals surface area contributed by atoms with Crippen LogP contribution in [0.3, 0.4) is 0 Å². The summed E-state index contributed by atoms with van der Waals surface area (Å²) in [6.07, 6.45) is 4.01. The molecule has 2 N–H and O–H groups in total. The molecule has 0 spiro atoms. The Morgan fingerprint density at radius 2 is 2.05 bits per heavy atom. The summed E-state index contributed by atoms with van der Waals surface area (Å²) in [4.78, 5) is 8.11. The molecule has 0 bridgehead atoms. The van der Waals surface area contributed by atoms with Crippen molar-refractivity contribution in [2.75, 3.05) is 0 Å². The fourth-order valence-electron chi connectivity index (χ4n) is 1.52. The van der Waals surface area contributed by atoms with Crippen molar-refractivity contribution < 1.29 is 9.13 Å². The highest BCUT2D eigenvalue weighted by Gasteiger charge is 2.05. The van der Waals surface area contributed by atoms with Crippen molar-refractivity contribution in [3.63, 3.8) is 0 Å². The molecule has 0 aliphatic carbocycles. The van der Waals surface area contributed by atoms with Crippen molar-refractivity contribution in [3.05, 3.63) is 46.4 Å². The lowest BCUT2D eigenvalue weighted by atomic mass is 10.1. The molecule has 0 aliphatic rings. The van der Waals surface area contributed by atoms with E-state index >= 15 is 0 Å². The van der Waals surface area contributed by atoms with Crippen LogP contribution in [0, 0.1) is 5.82 Å². The molecule has 0 amide bonds. The van der Waals surface area contributed by atoms with E-state index in [2.05, 4.69) is 25.9 Å². The highest BCUT2D eigenvalue weighted by molar-refractivity contribution is 9.10. The molecule has 0 saturated heterocycles. The average Bonchev–Trinajstić information content (AvgIpc) is 2.36. The third kappa shape index (κ3) is 3.97. The van der Waals surface area contributed by atoms with Gasteiger partial charge in [0.15, 0.2) is 0 Å². The second kappa shape index (κ2) is 6.08. The Hall–Kier alpha value is -1.53. The molecule has 100 valence electrons. The molecule has 0 saturated carbocycles. The van der Waals surface area contributed by atoms with Gasteiger partial charge in [0.2, 0.25) is 0 Å². The van der Waals surface area contributed by atoms with Gasteiger partial charge in [-0.2, -0.15) is 0 Å². The zero-order valence-corrected chi connectivity index (χ0v) is 11.9. The zero-order chi connectivity index (χ0) is 13.8.